The Hall–Kier alpha value is -1.13. The van der Waals surface area contributed by atoms with E-state index < -0.39 is 0 Å². The van der Waals surface area contributed by atoms with Crippen molar-refractivity contribution >= 4 is 0 Å². The highest BCUT2D eigenvalue weighted by Crippen LogP contribution is 2.50. The number of aromatic nitrogens is 1. The van der Waals surface area contributed by atoms with E-state index in [0.29, 0.717) is 18.6 Å². The Labute approximate surface area is 126 Å². The molecule has 0 unspecified atom stereocenters. The molecule has 1 saturated heterocycles. The van der Waals surface area contributed by atoms with Crippen molar-refractivity contribution in [1.82, 2.24) is 10.3 Å². The number of hydrogen-bond donors (Lipinski definition) is 2. The van der Waals surface area contributed by atoms with E-state index in [-0.39, 0.29) is 0 Å². The molecule has 0 aromatic carbocycles. The lowest BCUT2D eigenvalue weighted by atomic mass is 10.1. The smallest absolute Gasteiger partial charge is 0.137 e. The molecule has 1 saturated carbocycles. The predicted molar refractivity (Wildman–Crippen MR) is 82.5 cm³/mol. The van der Waals surface area contributed by atoms with E-state index in [9.17, 15) is 0 Å². The van der Waals surface area contributed by atoms with Crippen molar-refractivity contribution in [3.63, 3.8) is 0 Å². The minimum atomic E-state index is 0.327. The van der Waals surface area contributed by atoms with E-state index in [2.05, 4.69) is 16.4 Å². The molecule has 2 aliphatic rings. The minimum Gasteiger partial charge on any atom is -0.490 e. The SMILES string of the molecule is OCCCCC[C@H]1C[C@H]1c1cncc(OC[C@@H]2CCN2)c1. The van der Waals surface area contributed by atoms with Crippen molar-refractivity contribution in [3.05, 3.63) is 24.0 Å². The van der Waals surface area contributed by atoms with Gasteiger partial charge < -0.3 is 15.2 Å². The zero-order valence-electron chi connectivity index (χ0n) is 12.6. The van der Waals surface area contributed by atoms with E-state index in [1.54, 1.807) is 0 Å². The quantitative estimate of drug-likeness (QED) is 0.686. The average molecular weight is 290 g/mol. The Morgan fingerprint density at radius 2 is 2.19 bits per heavy atom. The standard InChI is InChI=1S/C17H26N2O2/c20-7-3-1-2-4-13-9-17(13)14-8-16(11-18-10-14)21-12-15-5-6-19-15/h8,10-11,13,15,17,19-20H,1-7,9,12H2/t13-,15-,17+/m0/s1. The van der Waals surface area contributed by atoms with E-state index in [1.807, 2.05) is 12.4 Å². The predicted octanol–water partition coefficient (Wildman–Crippen LogP) is 2.48. The molecule has 1 aliphatic heterocycles. The summed E-state index contributed by atoms with van der Waals surface area (Å²) in [7, 11) is 0. The van der Waals surface area contributed by atoms with Crippen LogP contribution in [0.15, 0.2) is 18.5 Å². The van der Waals surface area contributed by atoms with Crippen LogP contribution in [0.4, 0.5) is 0 Å². The van der Waals surface area contributed by atoms with Crippen LogP contribution in [0.5, 0.6) is 5.75 Å². The molecule has 3 atom stereocenters. The largest absolute Gasteiger partial charge is 0.490 e. The number of pyridine rings is 1. The van der Waals surface area contributed by atoms with Crippen molar-refractivity contribution in [1.29, 1.82) is 0 Å². The summed E-state index contributed by atoms with van der Waals surface area (Å²) in [6.07, 6.45) is 10.9. The number of hydrogen-bond acceptors (Lipinski definition) is 4. The highest BCUT2D eigenvalue weighted by atomic mass is 16.5. The molecule has 2 fully saturated rings. The number of aliphatic hydroxyl groups is 1. The first-order chi connectivity index (χ1) is 10.4. The molecule has 116 valence electrons. The Morgan fingerprint density at radius 3 is 2.95 bits per heavy atom. The summed E-state index contributed by atoms with van der Waals surface area (Å²) in [6.45, 7) is 2.19. The molecule has 1 aromatic heterocycles. The maximum absolute atomic E-state index is 8.79. The van der Waals surface area contributed by atoms with Crippen molar-refractivity contribution in [2.24, 2.45) is 5.92 Å². The number of ether oxygens (including phenoxy) is 1. The van der Waals surface area contributed by atoms with Crippen molar-refractivity contribution in [3.8, 4) is 5.75 Å². The fourth-order valence-corrected chi connectivity index (χ4v) is 3.07. The minimum absolute atomic E-state index is 0.327. The molecule has 2 N–H and O–H groups in total. The molecule has 4 nitrogen and oxygen atoms in total. The number of unbranched alkanes of at least 4 members (excludes halogenated alkanes) is 2. The number of nitrogens with zero attached hydrogens (tertiary/aromatic N) is 1. The maximum Gasteiger partial charge on any atom is 0.137 e. The van der Waals surface area contributed by atoms with Gasteiger partial charge in [-0.1, -0.05) is 12.8 Å². The maximum atomic E-state index is 8.79. The molecule has 0 radical (unpaired) electrons. The van der Waals surface area contributed by atoms with Crippen LogP contribution in [0.2, 0.25) is 0 Å². The summed E-state index contributed by atoms with van der Waals surface area (Å²) in [4.78, 5) is 4.33. The molecule has 1 aliphatic carbocycles. The van der Waals surface area contributed by atoms with Gasteiger partial charge >= 0.3 is 0 Å². The molecular weight excluding hydrogens is 264 g/mol. The summed E-state index contributed by atoms with van der Waals surface area (Å²) in [5, 5.41) is 12.1. The normalized spacial score (nSPS) is 27.2. The second kappa shape index (κ2) is 7.23. The Balaban J connectivity index is 1.43. The van der Waals surface area contributed by atoms with Gasteiger partial charge in [0.15, 0.2) is 0 Å². The monoisotopic (exact) mass is 290 g/mol. The van der Waals surface area contributed by atoms with Gasteiger partial charge in [0.1, 0.15) is 12.4 Å². The fourth-order valence-electron chi connectivity index (χ4n) is 3.07. The zero-order chi connectivity index (χ0) is 14.5. The third-order valence-electron chi connectivity index (χ3n) is 4.70. The molecule has 2 heterocycles. The van der Waals surface area contributed by atoms with Crippen LogP contribution < -0.4 is 10.1 Å². The fraction of sp³-hybridized carbons (Fsp3) is 0.706. The van der Waals surface area contributed by atoms with Crippen LogP contribution in [-0.2, 0) is 0 Å². The lowest BCUT2D eigenvalue weighted by Gasteiger charge is -2.27. The van der Waals surface area contributed by atoms with E-state index in [1.165, 1.54) is 31.2 Å². The summed E-state index contributed by atoms with van der Waals surface area (Å²) in [5.41, 5.74) is 1.33. The first-order valence-electron chi connectivity index (χ1n) is 8.29. The Kier molecular flexibility index (Phi) is 5.09. The molecule has 0 spiro atoms. The third kappa shape index (κ3) is 4.17. The van der Waals surface area contributed by atoms with Gasteiger partial charge in [0.2, 0.25) is 0 Å². The number of aliphatic hydroxyl groups excluding tert-OH is 1. The lowest BCUT2D eigenvalue weighted by Crippen LogP contribution is -2.46. The summed E-state index contributed by atoms with van der Waals surface area (Å²) >= 11 is 0. The molecule has 0 bridgehead atoms. The second-order valence-corrected chi connectivity index (χ2v) is 6.38. The van der Waals surface area contributed by atoms with Gasteiger partial charge in [0.25, 0.3) is 0 Å². The van der Waals surface area contributed by atoms with Crippen molar-refractivity contribution < 1.29 is 9.84 Å². The number of rotatable bonds is 9. The lowest BCUT2D eigenvalue weighted by molar-refractivity contribution is 0.217. The Bertz CT molecular complexity index is 448. The van der Waals surface area contributed by atoms with Gasteiger partial charge in [-0.25, -0.2) is 0 Å². The first kappa shape index (κ1) is 14.8. The highest BCUT2D eigenvalue weighted by molar-refractivity contribution is 5.30. The summed E-state index contributed by atoms with van der Waals surface area (Å²) in [5.74, 6) is 2.40. The first-order valence-corrected chi connectivity index (χ1v) is 8.29. The molecule has 0 amide bonds. The van der Waals surface area contributed by atoms with Crippen molar-refractivity contribution in [2.75, 3.05) is 19.8 Å². The van der Waals surface area contributed by atoms with Crippen LogP contribution in [0, 0.1) is 5.92 Å². The van der Waals surface area contributed by atoms with Crippen LogP contribution in [0.3, 0.4) is 0 Å². The number of nitrogens with one attached hydrogen (secondary N) is 1. The third-order valence-corrected chi connectivity index (χ3v) is 4.70. The summed E-state index contributed by atoms with van der Waals surface area (Å²) in [6, 6.07) is 2.69. The average Bonchev–Trinajstić information content (AvgIpc) is 3.22. The summed E-state index contributed by atoms with van der Waals surface area (Å²) < 4.78 is 5.82. The van der Waals surface area contributed by atoms with Crippen LogP contribution in [0.25, 0.3) is 0 Å². The van der Waals surface area contributed by atoms with E-state index in [0.717, 1.165) is 37.7 Å². The molecule has 3 rings (SSSR count). The van der Waals surface area contributed by atoms with Crippen LogP contribution in [-0.4, -0.2) is 35.9 Å². The topological polar surface area (TPSA) is 54.4 Å². The van der Waals surface area contributed by atoms with Gasteiger partial charge in [-0.3, -0.25) is 4.98 Å². The molecular formula is C17H26N2O2. The van der Waals surface area contributed by atoms with Gasteiger partial charge in [0, 0.05) is 18.8 Å². The van der Waals surface area contributed by atoms with Gasteiger partial charge in [0.05, 0.1) is 6.20 Å². The van der Waals surface area contributed by atoms with E-state index >= 15 is 0 Å². The molecule has 1 aromatic rings. The molecule has 21 heavy (non-hydrogen) atoms. The van der Waals surface area contributed by atoms with Crippen LogP contribution >= 0.6 is 0 Å². The van der Waals surface area contributed by atoms with Gasteiger partial charge in [-0.15, -0.1) is 0 Å². The second-order valence-electron chi connectivity index (χ2n) is 6.38. The van der Waals surface area contributed by atoms with Gasteiger partial charge in [-0.05, 0) is 55.7 Å². The van der Waals surface area contributed by atoms with Crippen LogP contribution in [0.1, 0.15) is 50.0 Å². The zero-order valence-corrected chi connectivity index (χ0v) is 12.6. The van der Waals surface area contributed by atoms with Crippen molar-refractivity contribution in [2.45, 2.75) is 50.5 Å². The van der Waals surface area contributed by atoms with Gasteiger partial charge in [-0.2, -0.15) is 0 Å². The molecule has 4 heteroatoms. The highest BCUT2D eigenvalue weighted by Gasteiger charge is 2.37. The van der Waals surface area contributed by atoms with E-state index in [4.69, 9.17) is 9.84 Å². The Morgan fingerprint density at radius 1 is 1.29 bits per heavy atom.